The average Bonchev–Trinajstić information content (AvgIpc) is 2.36. The molecule has 0 aromatic heterocycles. The Kier molecular flexibility index (Phi) is 7.66. The van der Waals surface area contributed by atoms with Crippen LogP contribution in [0.25, 0.3) is 0 Å². The van der Waals surface area contributed by atoms with E-state index in [1.807, 2.05) is 12.1 Å². The first-order chi connectivity index (χ1) is 8.74. The number of unbranched alkanes of at least 4 members (excludes halogenated alkanes) is 5. The van der Waals surface area contributed by atoms with Gasteiger partial charge in [0.05, 0.1) is 0 Å². The molecule has 0 bridgehead atoms. The Hall–Kier alpha value is -0.890. The van der Waals surface area contributed by atoms with E-state index in [9.17, 15) is 4.39 Å². The summed E-state index contributed by atoms with van der Waals surface area (Å²) in [5, 5.41) is 0. The van der Waals surface area contributed by atoms with Crippen molar-refractivity contribution in [1.29, 1.82) is 0 Å². The van der Waals surface area contributed by atoms with Crippen LogP contribution in [0.15, 0.2) is 24.3 Å². The topological polar surface area (TPSA) is 26.0 Å². The number of nitrogens with two attached hydrogens (primary N) is 1. The minimum atomic E-state index is -0.129. The van der Waals surface area contributed by atoms with Crippen LogP contribution < -0.4 is 5.73 Å². The van der Waals surface area contributed by atoms with E-state index in [4.69, 9.17) is 5.73 Å². The van der Waals surface area contributed by atoms with Crippen LogP contribution in [0.2, 0.25) is 0 Å². The van der Waals surface area contributed by atoms with E-state index in [1.165, 1.54) is 44.6 Å². The lowest BCUT2D eigenvalue weighted by atomic mass is 10.00. The standard InChI is InChI=1S/C16H26FN/c1-2-3-4-5-6-7-11-15(18)13-14-10-8-9-12-16(14)17/h8-10,12,15H,2-7,11,13,18H2,1H3. The summed E-state index contributed by atoms with van der Waals surface area (Å²) in [5.74, 6) is -0.129. The van der Waals surface area contributed by atoms with Gasteiger partial charge >= 0.3 is 0 Å². The molecule has 0 heterocycles. The molecule has 0 spiro atoms. The number of rotatable bonds is 9. The van der Waals surface area contributed by atoms with Gasteiger partial charge in [0.1, 0.15) is 5.82 Å². The molecule has 0 amide bonds. The molecule has 0 radical (unpaired) electrons. The predicted octanol–water partition coefficient (Wildman–Crippen LogP) is 4.45. The van der Waals surface area contributed by atoms with E-state index >= 15 is 0 Å². The quantitative estimate of drug-likeness (QED) is 0.645. The van der Waals surface area contributed by atoms with Gasteiger partial charge in [-0.3, -0.25) is 0 Å². The molecule has 2 heteroatoms. The Balaban J connectivity index is 2.14. The molecule has 102 valence electrons. The van der Waals surface area contributed by atoms with Crippen LogP contribution >= 0.6 is 0 Å². The van der Waals surface area contributed by atoms with E-state index in [2.05, 4.69) is 6.92 Å². The Labute approximate surface area is 111 Å². The molecule has 1 unspecified atom stereocenters. The molecule has 1 aromatic carbocycles. The fourth-order valence-electron chi connectivity index (χ4n) is 2.24. The third kappa shape index (κ3) is 6.15. The van der Waals surface area contributed by atoms with Gasteiger partial charge in [-0.1, -0.05) is 63.6 Å². The van der Waals surface area contributed by atoms with Crippen molar-refractivity contribution < 1.29 is 4.39 Å². The van der Waals surface area contributed by atoms with Gasteiger partial charge < -0.3 is 5.73 Å². The van der Waals surface area contributed by atoms with E-state index in [0.29, 0.717) is 6.42 Å². The van der Waals surface area contributed by atoms with Gasteiger partial charge in [0, 0.05) is 6.04 Å². The maximum absolute atomic E-state index is 13.4. The maximum atomic E-state index is 13.4. The molecule has 2 N–H and O–H groups in total. The summed E-state index contributed by atoms with van der Waals surface area (Å²) < 4.78 is 13.4. The highest BCUT2D eigenvalue weighted by Crippen LogP contribution is 2.13. The van der Waals surface area contributed by atoms with Crippen molar-refractivity contribution in [3.63, 3.8) is 0 Å². The van der Waals surface area contributed by atoms with Crippen LogP contribution in [0.3, 0.4) is 0 Å². The summed E-state index contributed by atoms with van der Waals surface area (Å²) in [6.07, 6.45) is 9.33. The lowest BCUT2D eigenvalue weighted by Gasteiger charge is -2.12. The molecule has 0 saturated heterocycles. The zero-order chi connectivity index (χ0) is 13.2. The molecule has 0 saturated carbocycles. The highest BCUT2D eigenvalue weighted by atomic mass is 19.1. The fourth-order valence-corrected chi connectivity index (χ4v) is 2.24. The fraction of sp³-hybridized carbons (Fsp3) is 0.625. The molecule has 0 fully saturated rings. The maximum Gasteiger partial charge on any atom is 0.126 e. The second kappa shape index (κ2) is 9.09. The summed E-state index contributed by atoms with van der Waals surface area (Å²) in [6, 6.07) is 7.02. The van der Waals surface area contributed by atoms with E-state index in [0.717, 1.165) is 12.0 Å². The van der Waals surface area contributed by atoms with Crippen LogP contribution in [-0.4, -0.2) is 6.04 Å². The van der Waals surface area contributed by atoms with Gasteiger partial charge in [-0.2, -0.15) is 0 Å². The van der Waals surface area contributed by atoms with E-state index < -0.39 is 0 Å². The zero-order valence-corrected chi connectivity index (χ0v) is 11.5. The van der Waals surface area contributed by atoms with Crippen molar-refractivity contribution in [3.05, 3.63) is 35.6 Å². The monoisotopic (exact) mass is 251 g/mol. The number of halogens is 1. The second-order valence-corrected chi connectivity index (χ2v) is 5.11. The highest BCUT2D eigenvalue weighted by molar-refractivity contribution is 5.18. The van der Waals surface area contributed by atoms with Crippen molar-refractivity contribution in [2.45, 2.75) is 64.3 Å². The minimum Gasteiger partial charge on any atom is -0.327 e. The first-order valence-electron chi connectivity index (χ1n) is 7.23. The Morgan fingerprint density at radius 2 is 1.72 bits per heavy atom. The van der Waals surface area contributed by atoms with Crippen LogP contribution in [0.4, 0.5) is 4.39 Å². The minimum absolute atomic E-state index is 0.0908. The van der Waals surface area contributed by atoms with Gasteiger partial charge in [0.15, 0.2) is 0 Å². The van der Waals surface area contributed by atoms with Crippen molar-refractivity contribution in [2.75, 3.05) is 0 Å². The Morgan fingerprint density at radius 3 is 2.44 bits per heavy atom. The molecule has 0 aliphatic heterocycles. The lowest BCUT2D eigenvalue weighted by molar-refractivity contribution is 0.521. The van der Waals surface area contributed by atoms with Crippen molar-refractivity contribution in [1.82, 2.24) is 0 Å². The SMILES string of the molecule is CCCCCCCCC(N)Cc1ccccc1F. The number of hydrogen-bond acceptors (Lipinski definition) is 1. The summed E-state index contributed by atoms with van der Waals surface area (Å²) in [6.45, 7) is 2.23. The van der Waals surface area contributed by atoms with Gasteiger partial charge in [-0.15, -0.1) is 0 Å². The molecule has 0 aliphatic rings. The summed E-state index contributed by atoms with van der Waals surface area (Å²) in [5.41, 5.74) is 6.80. The molecule has 18 heavy (non-hydrogen) atoms. The van der Waals surface area contributed by atoms with E-state index in [1.54, 1.807) is 6.07 Å². The molecule has 1 aromatic rings. The number of hydrogen-bond donors (Lipinski definition) is 1. The average molecular weight is 251 g/mol. The molecule has 1 rings (SSSR count). The largest absolute Gasteiger partial charge is 0.327 e. The Morgan fingerprint density at radius 1 is 1.06 bits per heavy atom. The van der Waals surface area contributed by atoms with Gasteiger partial charge in [-0.05, 0) is 24.5 Å². The third-order valence-electron chi connectivity index (χ3n) is 3.37. The van der Waals surface area contributed by atoms with Crippen molar-refractivity contribution in [2.24, 2.45) is 5.73 Å². The summed E-state index contributed by atoms with van der Waals surface area (Å²) in [7, 11) is 0. The van der Waals surface area contributed by atoms with Gasteiger partial charge in [0.2, 0.25) is 0 Å². The number of benzene rings is 1. The van der Waals surface area contributed by atoms with Crippen molar-refractivity contribution in [3.8, 4) is 0 Å². The first kappa shape index (κ1) is 15.2. The van der Waals surface area contributed by atoms with E-state index in [-0.39, 0.29) is 11.9 Å². The molecular weight excluding hydrogens is 225 g/mol. The molecular formula is C16H26FN. The molecule has 0 aliphatic carbocycles. The first-order valence-corrected chi connectivity index (χ1v) is 7.23. The van der Waals surface area contributed by atoms with Crippen LogP contribution in [0.1, 0.15) is 57.4 Å². The predicted molar refractivity (Wildman–Crippen MR) is 76.1 cm³/mol. The van der Waals surface area contributed by atoms with Crippen LogP contribution in [0.5, 0.6) is 0 Å². The third-order valence-corrected chi connectivity index (χ3v) is 3.37. The normalized spacial score (nSPS) is 12.6. The van der Waals surface area contributed by atoms with Crippen LogP contribution in [-0.2, 0) is 6.42 Å². The van der Waals surface area contributed by atoms with Gasteiger partial charge in [-0.25, -0.2) is 4.39 Å². The van der Waals surface area contributed by atoms with Gasteiger partial charge in [0.25, 0.3) is 0 Å². The molecule has 1 nitrogen and oxygen atoms in total. The van der Waals surface area contributed by atoms with Crippen LogP contribution in [0, 0.1) is 5.82 Å². The Bertz CT molecular complexity index is 325. The summed E-state index contributed by atoms with van der Waals surface area (Å²) >= 11 is 0. The zero-order valence-electron chi connectivity index (χ0n) is 11.5. The van der Waals surface area contributed by atoms with Crippen molar-refractivity contribution >= 4 is 0 Å². The smallest absolute Gasteiger partial charge is 0.126 e. The highest BCUT2D eigenvalue weighted by Gasteiger charge is 2.07. The second-order valence-electron chi connectivity index (χ2n) is 5.11. The summed E-state index contributed by atoms with van der Waals surface area (Å²) in [4.78, 5) is 0. The molecule has 1 atom stereocenters. The lowest BCUT2D eigenvalue weighted by Crippen LogP contribution is -2.23.